The Morgan fingerprint density at radius 3 is 0.949 bits per heavy atom. The third kappa shape index (κ3) is 21.6. The highest BCUT2D eigenvalue weighted by molar-refractivity contribution is 8.00. The van der Waals surface area contributed by atoms with Gasteiger partial charge in [-0.15, -0.1) is 0 Å². The highest BCUT2D eigenvalue weighted by atomic mass is 32.2. The number of rotatable bonds is 17. The van der Waals surface area contributed by atoms with Crippen LogP contribution < -0.4 is 28.4 Å². The van der Waals surface area contributed by atoms with Gasteiger partial charge in [0.05, 0.1) is 18.8 Å². The number of hydrogen-bond donors (Lipinski definition) is 0. The highest BCUT2D eigenvalue weighted by Crippen LogP contribution is 2.49. The number of benzene rings is 16. The first-order chi connectivity index (χ1) is 66.4. The summed E-state index contributed by atoms with van der Waals surface area (Å²) in [7, 11) is 0. The van der Waals surface area contributed by atoms with E-state index in [0.717, 1.165) is 82.9 Å². The number of hydrogen-bond acceptors (Lipinski definition) is 13. The smallest absolute Gasteiger partial charge is 0.338 e. The number of esters is 1. The van der Waals surface area contributed by atoms with Crippen molar-refractivity contribution in [1.82, 2.24) is 0 Å². The summed E-state index contributed by atoms with van der Waals surface area (Å²) in [5.41, 5.74) is 26.4. The van der Waals surface area contributed by atoms with Crippen LogP contribution in [-0.2, 0) is 43.4 Å². The minimum atomic E-state index is -0.492. The first kappa shape index (κ1) is 92.4. The van der Waals surface area contributed by atoms with Gasteiger partial charge in [0.25, 0.3) is 0 Å². The van der Waals surface area contributed by atoms with E-state index in [1.165, 1.54) is 162 Å². The molecule has 16 heteroatoms. The molecule has 0 N–H and O–H groups in total. The molecule has 5 unspecified atom stereocenters. The summed E-state index contributed by atoms with van der Waals surface area (Å²) >= 11 is 9.21. The Bertz CT molecular complexity index is 7100. The molecule has 7 aliphatic rings. The Hall–Kier alpha value is -12.7. The van der Waals surface area contributed by atoms with Crippen LogP contribution in [-0.4, -0.2) is 39.2 Å². The average molecular weight is 1890 g/mol. The molecule has 0 fully saturated rings. The topological polar surface area (TPSA) is 81.7 Å². The second-order valence-corrected chi connectivity index (χ2v) is 40.5. The molecular weight excluding hydrogens is 1790 g/mol. The molecule has 0 aliphatic carbocycles. The second-order valence-electron chi connectivity index (χ2n) is 35.0. The number of carbonyl (C=O) groups excluding carboxylic acids is 1. The first-order valence-electron chi connectivity index (χ1n) is 46.5. The van der Waals surface area contributed by atoms with Gasteiger partial charge in [0.2, 0.25) is 6.79 Å². The zero-order valence-corrected chi connectivity index (χ0v) is 80.9. The molecule has 0 saturated heterocycles. The van der Waals surface area contributed by atoms with Crippen molar-refractivity contribution in [2.24, 2.45) is 0 Å². The number of carbonyl (C=O) groups is 1. The fourth-order valence-electron chi connectivity index (χ4n) is 18.3. The lowest BCUT2D eigenvalue weighted by molar-refractivity contribution is 0.0525. The fourth-order valence-corrected chi connectivity index (χ4v) is 23.6. The van der Waals surface area contributed by atoms with Crippen LogP contribution in [0.25, 0.3) is 0 Å². The highest BCUT2D eigenvalue weighted by Gasteiger charge is 2.28. The molecule has 0 saturated carbocycles. The SMILES string of the molecule is CC(c1cc(F)cc(OCc2ccccc2)c1)c1ccc2c(c1)Cc1ccccc1S2.CC(c1ccc2c(c1)Cc1ccccc1S2)c1ccc2c(c1)OCCO2.CC(c1ccc2c(c1)Cc1ccccc1S2)c1ccc2c(c1)OCO2.CCOC(=O)c1cc(F)cc(C(C)c2ccc3c(c2)Cc2ccccc2S3)c1.CCOc1cc(F)cc(C(C)c2ccc3c(c2)Cc2ccccc2S3)c1. The fraction of sp³-hybridized carbons (Fsp3) is 0.192. The molecule has 0 spiro atoms. The van der Waals surface area contributed by atoms with Gasteiger partial charge >= 0.3 is 5.97 Å². The zero-order valence-electron chi connectivity index (χ0n) is 76.9. The Morgan fingerprint density at radius 2 is 0.574 bits per heavy atom. The monoisotopic (exact) mass is 1890 g/mol. The lowest BCUT2D eigenvalue weighted by atomic mass is 9.90. The lowest BCUT2D eigenvalue weighted by Crippen LogP contribution is -2.15. The van der Waals surface area contributed by atoms with Crippen LogP contribution in [0.15, 0.2) is 383 Å². The van der Waals surface area contributed by atoms with Gasteiger partial charge in [0, 0.05) is 90.7 Å². The summed E-state index contributed by atoms with van der Waals surface area (Å²) in [5, 5.41) is 0. The van der Waals surface area contributed by atoms with E-state index in [9.17, 15) is 18.0 Å². The van der Waals surface area contributed by atoms with E-state index in [1.54, 1.807) is 36.9 Å². The van der Waals surface area contributed by atoms with Crippen molar-refractivity contribution >= 4 is 64.8 Å². The van der Waals surface area contributed by atoms with Crippen LogP contribution in [0.3, 0.4) is 0 Å². The Labute approximate surface area is 816 Å². The van der Waals surface area contributed by atoms with Gasteiger partial charge in [0.15, 0.2) is 23.0 Å². The summed E-state index contributed by atoms with van der Waals surface area (Å²) in [6.07, 6.45) is 4.82. The van der Waals surface area contributed by atoms with Gasteiger partial charge in [-0.2, -0.15) is 0 Å². The van der Waals surface area contributed by atoms with Crippen molar-refractivity contribution in [2.45, 2.75) is 166 Å². The molecular formula is C120H103F3O8S5. The maximum atomic E-state index is 14.4. The minimum absolute atomic E-state index is 0.0312. The average Bonchev–Trinajstić information content (AvgIpc) is 0.988. The predicted molar refractivity (Wildman–Crippen MR) is 544 cm³/mol. The van der Waals surface area contributed by atoms with E-state index in [-0.39, 0.29) is 41.6 Å². The van der Waals surface area contributed by atoms with Gasteiger partial charge in [-0.3, -0.25) is 0 Å². The van der Waals surface area contributed by atoms with E-state index in [1.807, 2.05) is 115 Å². The van der Waals surface area contributed by atoms with E-state index < -0.39 is 11.8 Å². The minimum Gasteiger partial charge on any atom is -0.494 e. The van der Waals surface area contributed by atoms with Crippen molar-refractivity contribution in [1.29, 1.82) is 0 Å². The molecule has 0 aromatic heterocycles. The van der Waals surface area contributed by atoms with Gasteiger partial charge in [0.1, 0.15) is 48.8 Å². The van der Waals surface area contributed by atoms with E-state index in [2.05, 4.69) is 264 Å². The normalized spacial score (nSPS) is 14.2. The summed E-state index contributed by atoms with van der Waals surface area (Å²) in [5.74, 6) is 3.93. The van der Waals surface area contributed by atoms with Crippen LogP contribution in [0.1, 0.15) is 205 Å². The molecule has 16 aromatic carbocycles. The van der Waals surface area contributed by atoms with Gasteiger partial charge in [-0.25, -0.2) is 18.0 Å². The lowest BCUT2D eigenvalue weighted by Gasteiger charge is -2.23. The van der Waals surface area contributed by atoms with Crippen molar-refractivity contribution in [2.75, 3.05) is 33.2 Å². The summed E-state index contributed by atoms with van der Waals surface area (Å²) in [6, 6.07) is 114. The largest absolute Gasteiger partial charge is 0.494 e. The maximum absolute atomic E-state index is 14.4. The molecule has 682 valence electrons. The molecule has 5 atom stereocenters. The van der Waals surface area contributed by atoms with Crippen molar-refractivity contribution in [3.8, 4) is 34.5 Å². The molecule has 7 heterocycles. The van der Waals surface area contributed by atoms with Crippen LogP contribution in [0.4, 0.5) is 13.2 Å². The number of fused-ring (bicyclic) bond motifs is 12. The van der Waals surface area contributed by atoms with Gasteiger partial charge < -0.3 is 33.2 Å². The summed E-state index contributed by atoms with van der Waals surface area (Å²) < 4.78 is 81.3. The van der Waals surface area contributed by atoms with Crippen LogP contribution in [0, 0.1) is 17.5 Å². The molecule has 136 heavy (non-hydrogen) atoms. The standard InChI is InChI=1S/C28H23FOS.C24H21FO2S.C23H21FOS.C23H20O2S.C22H18O2S/c1-19(21-11-12-28-24(13-21)14-22-9-5-6-10-27(22)31-28)23-15-25(29)17-26(16-23)30-18-20-7-3-2-4-8-20;1-3-27-24(26)20-12-18(13-21(25)14-20)15(2)16-8-9-23-19(10-16)11-17-6-4-5-7-22(17)28-23;1-3-25-21-13-18(12-20(24)14-21)15(2)16-8-9-23-19(10-16)11-17-6-4-5-7-22(17)26-23;1-15(17-6-8-20-21(14-17)25-11-10-24-20)16-7-9-23-19(12-16)13-18-4-2-3-5-22(18)26-23;1-14(16-6-8-19-20(12-16)24-13-23-19)15-7-9-22-18(10-15)11-17-4-2-3-5-21(17)25-22/h2-13,15-17,19H,14,18H2,1H3;4-10,12-15H,3,11H2,1-2H3;4-10,12-15H,3,11H2,1-2H3;2-9,12,14-15H,10-11,13H2,1H3;2-10,12,14H,11,13H2,1H3. The van der Waals surface area contributed by atoms with E-state index in [0.29, 0.717) is 56.6 Å². The van der Waals surface area contributed by atoms with Gasteiger partial charge in [-0.1, -0.05) is 288 Å². The third-order valence-corrected chi connectivity index (χ3v) is 32.2. The Kier molecular flexibility index (Phi) is 28.7. The third-order valence-electron chi connectivity index (χ3n) is 26.0. The van der Waals surface area contributed by atoms with Crippen molar-refractivity contribution < 1.29 is 51.1 Å². The second kappa shape index (κ2) is 42.3. The first-order valence-corrected chi connectivity index (χ1v) is 50.6. The molecule has 7 aliphatic heterocycles. The van der Waals surface area contributed by atoms with Crippen LogP contribution in [0.5, 0.6) is 34.5 Å². The molecule has 0 bridgehead atoms. The Morgan fingerprint density at radius 1 is 0.279 bits per heavy atom. The number of ether oxygens (including phenoxy) is 7. The predicted octanol–water partition coefficient (Wildman–Crippen LogP) is 31.5. The van der Waals surface area contributed by atoms with E-state index in [4.69, 9.17) is 33.2 Å². The van der Waals surface area contributed by atoms with Crippen molar-refractivity contribution in [3.05, 3.63) is 473 Å². The molecule has 0 amide bonds. The molecule has 8 nitrogen and oxygen atoms in total. The van der Waals surface area contributed by atoms with E-state index >= 15 is 0 Å². The van der Waals surface area contributed by atoms with Crippen LogP contribution >= 0.6 is 58.8 Å². The zero-order chi connectivity index (χ0) is 93.3. The van der Waals surface area contributed by atoms with Crippen molar-refractivity contribution in [3.63, 3.8) is 0 Å². The van der Waals surface area contributed by atoms with Gasteiger partial charge in [-0.05, 0) is 290 Å². The molecule has 23 rings (SSSR count). The molecule has 0 radical (unpaired) electrons. The molecule has 16 aromatic rings. The van der Waals surface area contributed by atoms with Crippen LogP contribution in [0.2, 0.25) is 0 Å². The summed E-state index contributed by atoms with van der Waals surface area (Å²) in [6.45, 7) is 17.3. The maximum Gasteiger partial charge on any atom is 0.338 e. The summed E-state index contributed by atoms with van der Waals surface area (Å²) in [4.78, 5) is 25.4. The number of halogens is 3. The Balaban J connectivity index is 0.000000109. The quantitative estimate of drug-likeness (QED) is 0.0813.